The van der Waals surface area contributed by atoms with Crippen LogP contribution < -0.4 is 5.73 Å². The summed E-state index contributed by atoms with van der Waals surface area (Å²) >= 11 is 12.0. The number of hydrogen-bond donors (Lipinski definition) is 2. The zero-order valence-electron chi connectivity index (χ0n) is 9.24. The van der Waals surface area contributed by atoms with Crippen LogP contribution in [0.5, 0.6) is 0 Å². The van der Waals surface area contributed by atoms with E-state index in [2.05, 4.69) is 9.97 Å². The quantitative estimate of drug-likeness (QED) is 0.658. The van der Waals surface area contributed by atoms with Crippen molar-refractivity contribution in [1.82, 2.24) is 9.97 Å². The average Bonchev–Trinajstić information content (AvgIpc) is 2.77. The number of benzene rings is 2. The Morgan fingerprint density at radius 1 is 1.11 bits per heavy atom. The summed E-state index contributed by atoms with van der Waals surface area (Å²) in [6, 6.07) is 11.1. The number of aromatic amines is 1. The molecule has 18 heavy (non-hydrogen) atoms. The molecule has 3 aromatic rings. The van der Waals surface area contributed by atoms with Gasteiger partial charge in [0.1, 0.15) is 5.82 Å². The number of halogens is 2. The lowest BCUT2D eigenvalue weighted by Crippen LogP contribution is -1.92. The molecule has 1 heterocycles. The SMILES string of the molecule is Nc1c(Cl)cc(Cl)cc1-c1nc2ccccc2[nH]1. The minimum absolute atomic E-state index is 0.429. The van der Waals surface area contributed by atoms with Gasteiger partial charge in [-0.15, -0.1) is 0 Å². The van der Waals surface area contributed by atoms with Crippen molar-refractivity contribution in [1.29, 1.82) is 0 Å². The molecule has 0 saturated heterocycles. The molecule has 0 aliphatic rings. The van der Waals surface area contributed by atoms with Gasteiger partial charge in [0, 0.05) is 10.6 Å². The summed E-state index contributed by atoms with van der Waals surface area (Å²) in [4.78, 5) is 7.67. The molecule has 90 valence electrons. The van der Waals surface area contributed by atoms with Crippen molar-refractivity contribution in [2.24, 2.45) is 0 Å². The zero-order chi connectivity index (χ0) is 12.7. The highest BCUT2D eigenvalue weighted by Crippen LogP contribution is 2.34. The van der Waals surface area contributed by atoms with Crippen molar-refractivity contribution in [2.45, 2.75) is 0 Å². The molecule has 2 aromatic carbocycles. The van der Waals surface area contributed by atoms with Gasteiger partial charge in [-0.1, -0.05) is 35.3 Å². The van der Waals surface area contributed by atoms with Crippen LogP contribution in [0.25, 0.3) is 22.4 Å². The van der Waals surface area contributed by atoms with Crippen LogP contribution in [0.15, 0.2) is 36.4 Å². The third-order valence-corrected chi connectivity index (χ3v) is 3.27. The Hall–Kier alpha value is -1.71. The van der Waals surface area contributed by atoms with Gasteiger partial charge in [-0.3, -0.25) is 0 Å². The lowest BCUT2D eigenvalue weighted by atomic mass is 10.1. The molecular weight excluding hydrogens is 269 g/mol. The summed E-state index contributed by atoms with van der Waals surface area (Å²) in [5, 5.41) is 0.961. The topological polar surface area (TPSA) is 54.7 Å². The van der Waals surface area contributed by atoms with Crippen LogP contribution in [0.3, 0.4) is 0 Å². The highest BCUT2D eigenvalue weighted by Gasteiger charge is 2.11. The summed E-state index contributed by atoms with van der Waals surface area (Å²) in [6.07, 6.45) is 0. The van der Waals surface area contributed by atoms with Crippen LogP contribution in [0.2, 0.25) is 10.0 Å². The van der Waals surface area contributed by atoms with Gasteiger partial charge in [0.05, 0.1) is 21.7 Å². The first kappa shape index (κ1) is 11.4. The number of fused-ring (bicyclic) bond motifs is 1. The smallest absolute Gasteiger partial charge is 0.140 e. The molecule has 1 aromatic heterocycles. The van der Waals surface area contributed by atoms with Crippen LogP contribution in [-0.2, 0) is 0 Å². The number of aromatic nitrogens is 2. The van der Waals surface area contributed by atoms with E-state index in [0.29, 0.717) is 27.1 Å². The molecule has 0 atom stereocenters. The predicted octanol–water partition coefficient (Wildman–Crippen LogP) is 4.12. The fourth-order valence-electron chi connectivity index (χ4n) is 1.86. The number of nitrogens with zero attached hydrogens (tertiary/aromatic N) is 1. The van der Waals surface area contributed by atoms with Crippen LogP contribution in [0.4, 0.5) is 5.69 Å². The molecule has 0 bridgehead atoms. The molecule has 0 radical (unpaired) electrons. The summed E-state index contributed by atoms with van der Waals surface area (Å²) in [7, 11) is 0. The molecular formula is C13H9Cl2N3. The fourth-order valence-corrected chi connectivity index (χ4v) is 2.35. The van der Waals surface area contributed by atoms with Gasteiger partial charge < -0.3 is 10.7 Å². The van der Waals surface area contributed by atoms with Crippen molar-refractivity contribution in [3.63, 3.8) is 0 Å². The van der Waals surface area contributed by atoms with Gasteiger partial charge in [-0.25, -0.2) is 4.98 Å². The third-order valence-electron chi connectivity index (χ3n) is 2.74. The number of hydrogen-bond acceptors (Lipinski definition) is 2. The highest BCUT2D eigenvalue weighted by molar-refractivity contribution is 6.37. The molecule has 0 aliphatic heterocycles. The van der Waals surface area contributed by atoms with Crippen LogP contribution in [0, 0.1) is 0 Å². The molecule has 3 N–H and O–H groups in total. The maximum Gasteiger partial charge on any atom is 0.140 e. The van der Waals surface area contributed by atoms with Gasteiger partial charge in [0.15, 0.2) is 0 Å². The van der Waals surface area contributed by atoms with Crippen molar-refractivity contribution in [2.75, 3.05) is 5.73 Å². The number of imidazole rings is 1. The average molecular weight is 278 g/mol. The van der Waals surface area contributed by atoms with Crippen molar-refractivity contribution in [3.05, 3.63) is 46.4 Å². The molecule has 3 nitrogen and oxygen atoms in total. The van der Waals surface area contributed by atoms with E-state index >= 15 is 0 Å². The number of para-hydroxylation sites is 2. The van der Waals surface area contributed by atoms with E-state index in [-0.39, 0.29) is 0 Å². The first-order chi connectivity index (χ1) is 8.65. The van der Waals surface area contributed by atoms with E-state index in [1.54, 1.807) is 12.1 Å². The molecule has 0 aliphatic carbocycles. The second-order valence-corrected chi connectivity index (χ2v) is 4.80. The first-order valence-corrected chi connectivity index (χ1v) is 6.10. The summed E-state index contributed by atoms with van der Waals surface area (Å²) in [5.74, 6) is 0.665. The third kappa shape index (κ3) is 1.82. The van der Waals surface area contributed by atoms with Gasteiger partial charge in [-0.05, 0) is 24.3 Å². The minimum Gasteiger partial charge on any atom is -0.397 e. The summed E-state index contributed by atoms with van der Waals surface area (Å²) < 4.78 is 0. The number of nitrogens with one attached hydrogen (secondary N) is 1. The number of anilines is 1. The molecule has 0 amide bonds. The Balaban J connectivity index is 2.26. The molecule has 0 saturated carbocycles. The van der Waals surface area contributed by atoms with Crippen molar-refractivity contribution < 1.29 is 0 Å². The van der Waals surface area contributed by atoms with Crippen LogP contribution >= 0.6 is 23.2 Å². The van der Waals surface area contributed by atoms with E-state index in [0.717, 1.165) is 11.0 Å². The van der Waals surface area contributed by atoms with E-state index in [1.165, 1.54) is 0 Å². The standard InChI is InChI=1S/C13H9Cl2N3/c14-7-5-8(12(16)9(15)6-7)13-17-10-3-1-2-4-11(10)18-13/h1-6H,16H2,(H,17,18). The first-order valence-electron chi connectivity index (χ1n) is 5.35. The number of H-pyrrole nitrogens is 1. The van der Waals surface area contributed by atoms with Gasteiger partial charge in [-0.2, -0.15) is 0 Å². The maximum atomic E-state index is 6.02. The molecule has 5 heteroatoms. The predicted molar refractivity (Wildman–Crippen MR) is 76.0 cm³/mol. The monoisotopic (exact) mass is 277 g/mol. The number of rotatable bonds is 1. The lowest BCUT2D eigenvalue weighted by molar-refractivity contribution is 1.34. The van der Waals surface area contributed by atoms with Crippen molar-refractivity contribution >= 4 is 39.9 Å². The van der Waals surface area contributed by atoms with E-state index in [4.69, 9.17) is 28.9 Å². The van der Waals surface area contributed by atoms with E-state index in [1.807, 2.05) is 24.3 Å². The molecule has 0 unspecified atom stereocenters. The van der Waals surface area contributed by atoms with Crippen LogP contribution in [0.1, 0.15) is 0 Å². The van der Waals surface area contributed by atoms with E-state index in [9.17, 15) is 0 Å². The van der Waals surface area contributed by atoms with Crippen molar-refractivity contribution in [3.8, 4) is 11.4 Å². The van der Waals surface area contributed by atoms with Crippen LogP contribution in [-0.4, -0.2) is 9.97 Å². The summed E-state index contributed by atoms with van der Waals surface area (Å²) in [5.41, 5.74) is 8.96. The highest BCUT2D eigenvalue weighted by atomic mass is 35.5. The Morgan fingerprint density at radius 3 is 2.67 bits per heavy atom. The minimum atomic E-state index is 0.429. The normalized spacial score (nSPS) is 11.0. The number of nitrogens with two attached hydrogens (primary N) is 1. The van der Waals surface area contributed by atoms with E-state index < -0.39 is 0 Å². The second-order valence-electron chi connectivity index (χ2n) is 3.95. The number of nitrogen functional groups attached to an aromatic ring is 1. The molecule has 0 spiro atoms. The lowest BCUT2D eigenvalue weighted by Gasteiger charge is -2.05. The Morgan fingerprint density at radius 2 is 1.89 bits per heavy atom. The Kier molecular flexibility index (Phi) is 2.65. The Bertz CT molecular complexity index is 701. The maximum absolute atomic E-state index is 6.02. The Labute approximate surface area is 114 Å². The summed E-state index contributed by atoms with van der Waals surface area (Å²) in [6.45, 7) is 0. The van der Waals surface area contributed by atoms with Gasteiger partial charge in [0.2, 0.25) is 0 Å². The van der Waals surface area contributed by atoms with Gasteiger partial charge >= 0.3 is 0 Å². The zero-order valence-corrected chi connectivity index (χ0v) is 10.8. The second kappa shape index (κ2) is 4.19. The van der Waals surface area contributed by atoms with Gasteiger partial charge in [0.25, 0.3) is 0 Å². The fraction of sp³-hybridized carbons (Fsp3) is 0. The molecule has 3 rings (SSSR count). The molecule has 0 fully saturated rings. The largest absolute Gasteiger partial charge is 0.397 e.